The van der Waals surface area contributed by atoms with Gasteiger partial charge in [0.2, 0.25) is 0 Å². The van der Waals surface area contributed by atoms with Gasteiger partial charge in [0.1, 0.15) is 5.75 Å². The average molecular weight is 253 g/mol. The first kappa shape index (κ1) is 14.2. The third-order valence-electron chi connectivity index (χ3n) is 2.55. The predicted octanol–water partition coefficient (Wildman–Crippen LogP) is 4.34. The summed E-state index contributed by atoms with van der Waals surface area (Å²) < 4.78 is 5.48. The number of hydrogen-bond acceptors (Lipinski definition) is 3. The zero-order chi connectivity index (χ0) is 12.5. The molecule has 1 rings (SSSR count). The number of benzene rings is 1. The topological polar surface area (TPSA) is 35.2 Å². The van der Waals surface area contributed by atoms with Crippen LogP contribution in [0.25, 0.3) is 0 Å². The van der Waals surface area contributed by atoms with E-state index in [0.29, 0.717) is 6.61 Å². The lowest BCUT2D eigenvalue weighted by Crippen LogP contribution is -1.94. The first-order chi connectivity index (χ1) is 8.27. The van der Waals surface area contributed by atoms with Gasteiger partial charge in [-0.25, -0.2) is 0 Å². The summed E-state index contributed by atoms with van der Waals surface area (Å²) >= 11 is 1.83. The van der Waals surface area contributed by atoms with Crippen molar-refractivity contribution in [3.05, 3.63) is 18.2 Å². The van der Waals surface area contributed by atoms with Crippen molar-refractivity contribution in [3.63, 3.8) is 0 Å². The van der Waals surface area contributed by atoms with Crippen molar-refractivity contribution in [2.45, 2.75) is 44.4 Å². The van der Waals surface area contributed by atoms with E-state index in [4.69, 9.17) is 10.5 Å². The van der Waals surface area contributed by atoms with Crippen molar-refractivity contribution in [2.75, 3.05) is 18.1 Å². The molecule has 0 saturated carbocycles. The van der Waals surface area contributed by atoms with Crippen LogP contribution in [0.5, 0.6) is 5.75 Å². The molecule has 0 spiro atoms. The molecule has 3 heteroatoms. The minimum Gasteiger partial charge on any atom is -0.494 e. The van der Waals surface area contributed by atoms with Gasteiger partial charge >= 0.3 is 0 Å². The normalized spacial score (nSPS) is 10.5. The van der Waals surface area contributed by atoms with Crippen LogP contribution in [0.4, 0.5) is 5.69 Å². The van der Waals surface area contributed by atoms with Crippen molar-refractivity contribution in [3.8, 4) is 5.75 Å². The highest BCUT2D eigenvalue weighted by molar-refractivity contribution is 7.99. The lowest BCUT2D eigenvalue weighted by molar-refractivity contribution is 0.339. The van der Waals surface area contributed by atoms with E-state index in [1.165, 1.54) is 25.7 Å². The molecular formula is C14H23NOS. The quantitative estimate of drug-likeness (QED) is 0.425. The summed E-state index contributed by atoms with van der Waals surface area (Å²) in [6, 6.07) is 5.91. The predicted molar refractivity (Wildman–Crippen MR) is 76.9 cm³/mol. The van der Waals surface area contributed by atoms with Crippen LogP contribution in [-0.2, 0) is 0 Å². The van der Waals surface area contributed by atoms with Crippen molar-refractivity contribution >= 4 is 17.4 Å². The molecule has 0 saturated heterocycles. The van der Waals surface area contributed by atoms with E-state index in [9.17, 15) is 0 Å². The van der Waals surface area contributed by atoms with Crippen LogP contribution in [0.15, 0.2) is 23.1 Å². The Bertz CT molecular complexity index is 328. The van der Waals surface area contributed by atoms with Crippen molar-refractivity contribution < 1.29 is 4.74 Å². The van der Waals surface area contributed by atoms with Crippen LogP contribution >= 0.6 is 11.8 Å². The molecule has 96 valence electrons. The van der Waals surface area contributed by atoms with Gasteiger partial charge in [-0.1, -0.05) is 26.2 Å². The summed E-state index contributed by atoms with van der Waals surface area (Å²) in [5.41, 5.74) is 6.81. The lowest BCUT2D eigenvalue weighted by Gasteiger charge is -2.08. The maximum absolute atomic E-state index is 5.95. The minimum absolute atomic E-state index is 0.699. The summed E-state index contributed by atoms with van der Waals surface area (Å²) in [7, 11) is 0. The fraction of sp³-hybridized carbons (Fsp3) is 0.571. The van der Waals surface area contributed by atoms with Crippen LogP contribution < -0.4 is 10.5 Å². The standard InChI is InChI=1S/C14H23NOS/c1-3-5-6-7-10-17-14-11-12(16-4-2)8-9-13(14)15/h8-9,11H,3-7,10,15H2,1-2H3. The van der Waals surface area contributed by atoms with Crippen LogP contribution in [-0.4, -0.2) is 12.4 Å². The zero-order valence-electron chi connectivity index (χ0n) is 10.9. The van der Waals surface area contributed by atoms with Gasteiger partial charge in [-0.2, -0.15) is 0 Å². The average Bonchev–Trinajstić information content (AvgIpc) is 2.33. The Kier molecular flexibility index (Phi) is 6.94. The first-order valence-corrected chi connectivity index (χ1v) is 7.41. The third kappa shape index (κ3) is 5.35. The molecule has 0 aliphatic rings. The molecule has 0 bridgehead atoms. The number of nitrogen functional groups attached to an aromatic ring is 1. The highest BCUT2D eigenvalue weighted by atomic mass is 32.2. The van der Waals surface area contributed by atoms with E-state index in [1.54, 1.807) is 0 Å². The summed E-state index contributed by atoms with van der Waals surface area (Å²) in [5.74, 6) is 2.05. The Morgan fingerprint density at radius 3 is 2.71 bits per heavy atom. The number of unbranched alkanes of at least 4 members (excludes halogenated alkanes) is 3. The van der Waals surface area contributed by atoms with Crippen LogP contribution in [0.3, 0.4) is 0 Å². The SMILES string of the molecule is CCCCCCSc1cc(OCC)ccc1N. The number of thioether (sulfide) groups is 1. The molecule has 0 aromatic heterocycles. The number of anilines is 1. The first-order valence-electron chi connectivity index (χ1n) is 6.43. The largest absolute Gasteiger partial charge is 0.494 e. The Morgan fingerprint density at radius 1 is 1.18 bits per heavy atom. The van der Waals surface area contributed by atoms with E-state index in [0.717, 1.165) is 22.1 Å². The van der Waals surface area contributed by atoms with Gasteiger partial charge in [-0.05, 0) is 37.3 Å². The Morgan fingerprint density at radius 2 is 2.00 bits per heavy atom. The van der Waals surface area contributed by atoms with Crippen LogP contribution in [0.1, 0.15) is 39.5 Å². The van der Waals surface area contributed by atoms with Crippen LogP contribution in [0.2, 0.25) is 0 Å². The molecule has 0 amide bonds. The van der Waals surface area contributed by atoms with E-state index in [1.807, 2.05) is 36.9 Å². The van der Waals surface area contributed by atoms with Gasteiger partial charge in [-0.3, -0.25) is 0 Å². The molecule has 1 aromatic rings. The molecule has 0 atom stereocenters. The molecule has 17 heavy (non-hydrogen) atoms. The molecule has 2 N–H and O–H groups in total. The molecule has 0 heterocycles. The molecule has 0 unspecified atom stereocenters. The third-order valence-corrected chi connectivity index (χ3v) is 3.71. The maximum atomic E-state index is 5.95. The number of rotatable bonds is 8. The zero-order valence-corrected chi connectivity index (χ0v) is 11.7. The van der Waals surface area contributed by atoms with Crippen molar-refractivity contribution in [1.82, 2.24) is 0 Å². The fourth-order valence-corrected chi connectivity index (χ4v) is 2.61. The summed E-state index contributed by atoms with van der Waals surface area (Å²) in [5, 5.41) is 0. The van der Waals surface area contributed by atoms with Gasteiger partial charge in [0.05, 0.1) is 6.61 Å². The van der Waals surface area contributed by atoms with E-state index in [2.05, 4.69) is 6.92 Å². The Labute approximate surface area is 109 Å². The lowest BCUT2D eigenvalue weighted by atomic mass is 10.2. The maximum Gasteiger partial charge on any atom is 0.120 e. The van der Waals surface area contributed by atoms with Gasteiger partial charge in [0.15, 0.2) is 0 Å². The highest BCUT2D eigenvalue weighted by Gasteiger charge is 2.02. The molecule has 0 aliphatic heterocycles. The van der Waals surface area contributed by atoms with Gasteiger partial charge in [0, 0.05) is 10.6 Å². The molecule has 0 fully saturated rings. The summed E-state index contributed by atoms with van der Waals surface area (Å²) in [6.45, 7) is 4.93. The molecule has 0 aliphatic carbocycles. The molecule has 0 radical (unpaired) electrons. The van der Waals surface area contributed by atoms with Gasteiger partial charge < -0.3 is 10.5 Å². The van der Waals surface area contributed by atoms with E-state index < -0.39 is 0 Å². The van der Waals surface area contributed by atoms with Crippen LogP contribution in [0, 0.1) is 0 Å². The van der Waals surface area contributed by atoms with Gasteiger partial charge in [0.25, 0.3) is 0 Å². The number of nitrogens with two attached hydrogens (primary N) is 1. The van der Waals surface area contributed by atoms with Crippen molar-refractivity contribution in [1.29, 1.82) is 0 Å². The fourth-order valence-electron chi connectivity index (χ4n) is 1.61. The summed E-state index contributed by atoms with van der Waals surface area (Å²) in [4.78, 5) is 1.15. The highest BCUT2D eigenvalue weighted by Crippen LogP contribution is 2.29. The molecular weight excluding hydrogens is 230 g/mol. The number of ether oxygens (including phenoxy) is 1. The van der Waals surface area contributed by atoms with Crippen molar-refractivity contribution in [2.24, 2.45) is 0 Å². The Balaban J connectivity index is 2.42. The number of hydrogen-bond donors (Lipinski definition) is 1. The van der Waals surface area contributed by atoms with Gasteiger partial charge in [-0.15, -0.1) is 11.8 Å². The second kappa shape index (κ2) is 8.29. The summed E-state index contributed by atoms with van der Waals surface area (Å²) in [6.07, 6.45) is 5.19. The smallest absolute Gasteiger partial charge is 0.120 e. The van der Waals surface area contributed by atoms with E-state index >= 15 is 0 Å². The molecule has 2 nitrogen and oxygen atoms in total. The second-order valence-corrected chi connectivity index (χ2v) is 5.18. The monoisotopic (exact) mass is 253 g/mol. The van der Waals surface area contributed by atoms with E-state index in [-0.39, 0.29) is 0 Å². The molecule has 1 aromatic carbocycles. The second-order valence-electron chi connectivity index (χ2n) is 4.04. The minimum atomic E-state index is 0.699. The Hall–Kier alpha value is -0.830.